The molecule has 0 bridgehead atoms. The molecule has 0 unspecified atom stereocenters. The number of aliphatic hydroxyl groups is 1. The first-order valence-electron chi connectivity index (χ1n) is 5.68. The summed E-state index contributed by atoms with van der Waals surface area (Å²) in [6.45, 7) is 0. The Bertz CT molecular complexity index is 564. The molecule has 0 spiro atoms. The van der Waals surface area contributed by atoms with Crippen LogP contribution in [-0.4, -0.2) is 12.2 Å². The minimum absolute atomic E-state index is 0.716. The third-order valence-electron chi connectivity index (χ3n) is 2.54. The molecule has 18 heavy (non-hydrogen) atoms. The molecular formula is C16H14O2. The molecule has 0 heterocycles. The van der Waals surface area contributed by atoms with E-state index < -0.39 is 6.10 Å². The van der Waals surface area contributed by atoms with Gasteiger partial charge in [-0.05, 0) is 29.8 Å². The largest absolute Gasteiger partial charge is 0.497 e. The molecule has 0 radical (unpaired) electrons. The average molecular weight is 238 g/mol. The van der Waals surface area contributed by atoms with Crippen LogP contribution in [0.4, 0.5) is 0 Å². The van der Waals surface area contributed by atoms with Gasteiger partial charge < -0.3 is 9.84 Å². The van der Waals surface area contributed by atoms with E-state index in [0.717, 1.165) is 11.1 Å². The number of methoxy groups -OCH3 is 1. The van der Waals surface area contributed by atoms with Crippen molar-refractivity contribution in [3.8, 4) is 17.6 Å². The van der Waals surface area contributed by atoms with E-state index in [1.54, 1.807) is 13.2 Å². The van der Waals surface area contributed by atoms with Crippen LogP contribution in [0.15, 0.2) is 54.6 Å². The highest BCUT2D eigenvalue weighted by Gasteiger charge is 2.04. The molecule has 1 N–H and O–H groups in total. The number of benzene rings is 2. The van der Waals surface area contributed by atoms with E-state index >= 15 is 0 Å². The van der Waals surface area contributed by atoms with Gasteiger partial charge in [0.2, 0.25) is 0 Å². The molecular weight excluding hydrogens is 224 g/mol. The second-order valence-electron chi connectivity index (χ2n) is 3.81. The average Bonchev–Trinajstić information content (AvgIpc) is 2.46. The predicted molar refractivity (Wildman–Crippen MR) is 71.3 cm³/mol. The molecule has 2 rings (SSSR count). The zero-order chi connectivity index (χ0) is 12.8. The van der Waals surface area contributed by atoms with Crippen LogP contribution >= 0.6 is 0 Å². The summed E-state index contributed by atoms with van der Waals surface area (Å²) in [6, 6.07) is 16.9. The molecule has 1 atom stereocenters. The normalized spacial score (nSPS) is 11.2. The van der Waals surface area contributed by atoms with E-state index in [-0.39, 0.29) is 0 Å². The Balaban J connectivity index is 2.17. The first-order chi connectivity index (χ1) is 8.79. The maximum atomic E-state index is 9.97. The fraction of sp³-hybridized carbons (Fsp3) is 0.125. The SMILES string of the molecule is COc1cccc([C@H](O)C#Cc2ccccc2)c1. The van der Waals surface area contributed by atoms with Gasteiger partial charge in [0.05, 0.1) is 7.11 Å². The van der Waals surface area contributed by atoms with Crippen LogP contribution in [0.5, 0.6) is 5.75 Å². The highest BCUT2D eigenvalue weighted by atomic mass is 16.5. The van der Waals surface area contributed by atoms with E-state index in [4.69, 9.17) is 4.74 Å². The van der Waals surface area contributed by atoms with Gasteiger partial charge in [-0.1, -0.05) is 42.2 Å². The minimum atomic E-state index is -0.805. The van der Waals surface area contributed by atoms with E-state index in [1.807, 2.05) is 48.5 Å². The van der Waals surface area contributed by atoms with Gasteiger partial charge in [0.25, 0.3) is 0 Å². The minimum Gasteiger partial charge on any atom is -0.497 e. The van der Waals surface area contributed by atoms with Crippen molar-refractivity contribution < 1.29 is 9.84 Å². The van der Waals surface area contributed by atoms with Crippen molar-refractivity contribution in [3.63, 3.8) is 0 Å². The Morgan fingerprint density at radius 3 is 2.56 bits per heavy atom. The van der Waals surface area contributed by atoms with Crippen LogP contribution in [0, 0.1) is 11.8 Å². The zero-order valence-electron chi connectivity index (χ0n) is 10.1. The Labute approximate surface area is 107 Å². The van der Waals surface area contributed by atoms with Crippen LogP contribution in [0.25, 0.3) is 0 Å². The highest BCUT2D eigenvalue weighted by molar-refractivity contribution is 5.38. The first-order valence-corrected chi connectivity index (χ1v) is 5.68. The van der Waals surface area contributed by atoms with E-state index in [0.29, 0.717) is 5.75 Å². The van der Waals surface area contributed by atoms with Gasteiger partial charge in [-0.3, -0.25) is 0 Å². The zero-order valence-corrected chi connectivity index (χ0v) is 10.1. The molecule has 0 aliphatic carbocycles. The standard InChI is InChI=1S/C16H14O2/c1-18-15-9-5-8-14(12-15)16(17)11-10-13-6-3-2-4-7-13/h2-9,12,16-17H,1H3/t16-/m1/s1. The number of hydrogen-bond donors (Lipinski definition) is 1. The summed E-state index contributed by atoms with van der Waals surface area (Å²) in [7, 11) is 1.60. The van der Waals surface area contributed by atoms with Crippen molar-refractivity contribution in [1.29, 1.82) is 0 Å². The summed E-state index contributed by atoms with van der Waals surface area (Å²) in [5.41, 5.74) is 1.62. The van der Waals surface area contributed by atoms with Crippen molar-refractivity contribution >= 4 is 0 Å². The number of hydrogen-bond acceptors (Lipinski definition) is 2. The molecule has 0 saturated heterocycles. The monoisotopic (exact) mass is 238 g/mol. The van der Waals surface area contributed by atoms with Gasteiger partial charge in [0.1, 0.15) is 11.9 Å². The van der Waals surface area contributed by atoms with Crippen LogP contribution in [0.1, 0.15) is 17.2 Å². The molecule has 2 aromatic rings. The molecule has 2 nitrogen and oxygen atoms in total. The Kier molecular flexibility index (Phi) is 4.01. The van der Waals surface area contributed by atoms with Crippen molar-refractivity contribution in [2.24, 2.45) is 0 Å². The maximum Gasteiger partial charge on any atom is 0.140 e. The second-order valence-corrected chi connectivity index (χ2v) is 3.81. The van der Waals surface area contributed by atoms with Crippen LogP contribution in [0.3, 0.4) is 0 Å². The third-order valence-corrected chi connectivity index (χ3v) is 2.54. The van der Waals surface area contributed by atoms with Gasteiger partial charge in [0, 0.05) is 5.56 Å². The van der Waals surface area contributed by atoms with E-state index in [1.165, 1.54) is 0 Å². The molecule has 0 saturated carbocycles. The van der Waals surface area contributed by atoms with Crippen molar-refractivity contribution in [1.82, 2.24) is 0 Å². The summed E-state index contributed by atoms with van der Waals surface area (Å²) >= 11 is 0. The van der Waals surface area contributed by atoms with Gasteiger partial charge in [-0.25, -0.2) is 0 Å². The third kappa shape index (κ3) is 3.13. The summed E-state index contributed by atoms with van der Waals surface area (Å²) < 4.78 is 5.11. The second kappa shape index (κ2) is 5.90. The Hall–Kier alpha value is -2.24. The van der Waals surface area contributed by atoms with Crippen LogP contribution < -0.4 is 4.74 Å². The molecule has 2 heteroatoms. The number of aliphatic hydroxyl groups excluding tert-OH is 1. The summed E-state index contributed by atoms with van der Waals surface area (Å²) in [6.07, 6.45) is -0.805. The van der Waals surface area contributed by atoms with Crippen molar-refractivity contribution in [2.45, 2.75) is 6.10 Å². The summed E-state index contributed by atoms with van der Waals surface area (Å²) in [5, 5.41) is 9.97. The van der Waals surface area contributed by atoms with E-state index in [9.17, 15) is 5.11 Å². The molecule has 90 valence electrons. The van der Waals surface area contributed by atoms with Crippen molar-refractivity contribution in [2.75, 3.05) is 7.11 Å². The van der Waals surface area contributed by atoms with Gasteiger partial charge >= 0.3 is 0 Å². The molecule has 0 aromatic heterocycles. The maximum absolute atomic E-state index is 9.97. The molecule has 0 aliphatic heterocycles. The summed E-state index contributed by atoms with van der Waals surface area (Å²) in [4.78, 5) is 0. The number of rotatable bonds is 2. The first kappa shape index (κ1) is 12.2. The molecule has 2 aromatic carbocycles. The van der Waals surface area contributed by atoms with Crippen LogP contribution in [-0.2, 0) is 0 Å². The van der Waals surface area contributed by atoms with Crippen molar-refractivity contribution in [3.05, 3.63) is 65.7 Å². The molecule has 0 aliphatic rings. The summed E-state index contributed by atoms with van der Waals surface area (Å²) in [5.74, 6) is 6.47. The lowest BCUT2D eigenvalue weighted by molar-refractivity contribution is 0.238. The fourth-order valence-electron chi connectivity index (χ4n) is 1.57. The van der Waals surface area contributed by atoms with Crippen LogP contribution in [0.2, 0.25) is 0 Å². The Morgan fingerprint density at radius 2 is 1.83 bits per heavy atom. The van der Waals surface area contributed by atoms with E-state index in [2.05, 4.69) is 11.8 Å². The lowest BCUT2D eigenvalue weighted by atomic mass is 10.1. The predicted octanol–water partition coefficient (Wildman–Crippen LogP) is 2.78. The van der Waals surface area contributed by atoms with Gasteiger partial charge in [-0.2, -0.15) is 0 Å². The van der Waals surface area contributed by atoms with Gasteiger partial charge in [-0.15, -0.1) is 0 Å². The molecule has 0 amide bonds. The topological polar surface area (TPSA) is 29.5 Å². The number of ether oxygens (including phenoxy) is 1. The lowest BCUT2D eigenvalue weighted by Gasteiger charge is -2.05. The fourth-order valence-corrected chi connectivity index (χ4v) is 1.57. The molecule has 0 fully saturated rings. The quantitative estimate of drug-likeness (QED) is 0.815. The smallest absolute Gasteiger partial charge is 0.140 e. The Morgan fingerprint density at radius 1 is 1.06 bits per heavy atom. The highest BCUT2D eigenvalue weighted by Crippen LogP contribution is 2.18. The lowest BCUT2D eigenvalue weighted by Crippen LogP contribution is -1.94. The van der Waals surface area contributed by atoms with Gasteiger partial charge in [0.15, 0.2) is 0 Å².